The molecule has 3 rings (SSSR count). The predicted molar refractivity (Wildman–Crippen MR) is 111 cm³/mol. The third kappa shape index (κ3) is 7.15. The van der Waals surface area contributed by atoms with Gasteiger partial charge in [-0.3, -0.25) is 9.78 Å². The van der Waals surface area contributed by atoms with Crippen molar-refractivity contribution in [3.05, 3.63) is 59.9 Å². The minimum atomic E-state index is 0.0810. The predicted octanol–water partition coefficient (Wildman–Crippen LogP) is 3.10. The van der Waals surface area contributed by atoms with E-state index in [-0.39, 0.29) is 12.5 Å². The van der Waals surface area contributed by atoms with Crippen LogP contribution in [-0.4, -0.2) is 55.8 Å². The lowest BCUT2D eigenvalue weighted by atomic mass is 9.90. The molecule has 1 saturated heterocycles. The first-order valence-corrected chi connectivity index (χ1v) is 10.2. The fraction of sp³-hybridized carbons (Fsp3) is 0.478. The number of nitrogens with zero attached hydrogens (tertiary/aromatic N) is 2. The average molecular weight is 399 g/mol. The Morgan fingerprint density at radius 3 is 2.55 bits per heavy atom. The second-order valence-corrected chi connectivity index (χ2v) is 7.37. The molecule has 29 heavy (non-hydrogen) atoms. The van der Waals surface area contributed by atoms with Gasteiger partial charge in [-0.05, 0) is 48.4 Å². The van der Waals surface area contributed by atoms with Crippen LogP contribution in [0.5, 0.6) is 5.75 Å². The molecular formula is C23H30N2O4. The normalized spacial score (nSPS) is 14.7. The van der Waals surface area contributed by atoms with Gasteiger partial charge in [0.25, 0.3) is 0 Å². The summed E-state index contributed by atoms with van der Waals surface area (Å²) in [4.78, 5) is 18.1. The number of amides is 1. The van der Waals surface area contributed by atoms with Crippen LogP contribution in [0.25, 0.3) is 0 Å². The summed E-state index contributed by atoms with van der Waals surface area (Å²) in [5.74, 6) is 1.48. The van der Waals surface area contributed by atoms with Gasteiger partial charge >= 0.3 is 0 Å². The minimum Gasteiger partial charge on any atom is -0.487 e. The molecule has 1 aliphatic heterocycles. The Bertz CT molecular complexity index is 728. The van der Waals surface area contributed by atoms with Crippen molar-refractivity contribution < 1.29 is 19.0 Å². The van der Waals surface area contributed by atoms with Crippen LogP contribution in [0.1, 0.15) is 24.0 Å². The zero-order chi connectivity index (χ0) is 20.3. The highest BCUT2D eigenvalue weighted by molar-refractivity contribution is 5.77. The number of carbonyl (C=O) groups excluding carboxylic acids is 1. The van der Waals surface area contributed by atoms with Crippen molar-refractivity contribution in [2.75, 3.05) is 40.0 Å². The number of rotatable bonds is 10. The van der Waals surface area contributed by atoms with Crippen molar-refractivity contribution in [2.24, 2.45) is 5.92 Å². The second-order valence-electron chi connectivity index (χ2n) is 7.37. The van der Waals surface area contributed by atoms with E-state index in [4.69, 9.17) is 14.2 Å². The van der Waals surface area contributed by atoms with E-state index >= 15 is 0 Å². The maximum absolute atomic E-state index is 12.2. The molecule has 0 aliphatic carbocycles. The Morgan fingerprint density at radius 2 is 1.86 bits per heavy atom. The Balaban J connectivity index is 1.37. The SMILES string of the molecule is COCCOCC(=O)N1CCC(Cc2ccc(COc3cccnc3)cc2)CC1. The third-order valence-electron chi connectivity index (χ3n) is 5.21. The number of pyridine rings is 1. The van der Waals surface area contributed by atoms with Crippen molar-refractivity contribution in [2.45, 2.75) is 25.9 Å². The Kier molecular flexibility index (Phi) is 8.46. The molecule has 1 aliphatic rings. The van der Waals surface area contributed by atoms with E-state index in [2.05, 4.69) is 29.2 Å². The van der Waals surface area contributed by atoms with Crippen LogP contribution in [-0.2, 0) is 27.3 Å². The lowest BCUT2D eigenvalue weighted by Crippen LogP contribution is -2.40. The topological polar surface area (TPSA) is 60.9 Å². The van der Waals surface area contributed by atoms with Gasteiger partial charge in [-0.15, -0.1) is 0 Å². The molecule has 6 heteroatoms. The summed E-state index contributed by atoms with van der Waals surface area (Å²) in [5, 5.41) is 0. The third-order valence-corrected chi connectivity index (χ3v) is 5.21. The molecule has 1 fully saturated rings. The first-order chi connectivity index (χ1) is 14.2. The Morgan fingerprint density at radius 1 is 1.10 bits per heavy atom. The number of hydrogen-bond acceptors (Lipinski definition) is 5. The standard InChI is InChI=1S/C23H30N2O4/c1-27-13-14-28-18-23(26)25-11-8-20(9-12-25)15-19-4-6-21(7-5-19)17-29-22-3-2-10-24-16-22/h2-7,10,16,20H,8-9,11-15,17-18H2,1H3. The van der Waals surface area contributed by atoms with E-state index < -0.39 is 0 Å². The number of ether oxygens (including phenoxy) is 3. The number of carbonyl (C=O) groups is 1. The molecule has 2 heterocycles. The number of likely N-dealkylation sites (tertiary alicyclic amines) is 1. The largest absolute Gasteiger partial charge is 0.487 e. The molecule has 156 valence electrons. The monoisotopic (exact) mass is 398 g/mol. The lowest BCUT2D eigenvalue weighted by molar-refractivity contribution is -0.137. The first-order valence-electron chi connectivity index (χ1n) is 10.2. The average Bonchev–Trinajstić information content (AvgIpc) is 2.77. The van der Waals surface area contributed by atoms with Gasteiger partial charge in [0.05, 0.1) is 19.4 Å². The molecule has 0 bridgehead atoms. The van der Waals surface area contributed by atoms with Crippen molar-refractivity contribution in [1.29, 1.82) is 0 Å². The molecule has 0 spiro atoms. The molecule has 0 unspecified atom stereocenters. The van der Waals surface area contributed by atoms with E-state index in [1.165, 1.54) is 5.56 Å². The van der Waals surface area contributed by atoms with Crippen molar-refractivity contribution in [1.82, 2.24) is 9.88 Å². The number of piperidine rings is 1. The van der Waals surface area contributed by atoms with Crippen LogP contribution in [0.3, 0.4) is 0 Å². The fourth-order valence-corrected chi connectivity index (χ4v) is 3.48. The summed E-state index contributed by atoms with van der Waals surface area (Å²) in [5.41, 5.74) is 2.48. The summed E-state index contributed by atoms with van der Waals surface area (Å²) >= 11 is 0. The highest BCUT2D eigenvalue weighted by atomic mass is 16.5. The van der Waals surface area contributed by atoms with Crippen LogP contribution in [0.2, 0.25) is 0 Å². The summed E-state index contributed by atoms with van der Waals surface area (Å²) in [7, 11) is 1.62. The van der Waals surface area contributed by atoms with E-state index in [0.717, 1.165) is 43.7 Å². The summed E-state index contributed by atoms with van der Waals surface area (Å²) in [6.07, 6.45) is 6.58. The van der Waals surface area contributed by atoms with Gasteiger partial charge in [-0.25, -0.2) is 0 Å². The quantitative estimate of drug-likeness (QED) is 0.576. The van der Waals surface area contributed by atoms with Crippen LogP contribution >= 0.6 is 0 Å². The Labute approximate surface area is 172 Å². The maximum atomic E-state index is 12.2. The van der Waals surface area contributed by atoms with Crippen molar-refractivity contribution in [3.63, 3.8) is 0 Å². The van der Waals surface area contributed by atoms with Gasteiger partial charge in [0.2, 0.25) is 5.91 Å². The van der Waals surface area contributed by atoms with Crippen molar-refractivity contribution >= 4 is 5.91 Å². The summed E-state index contributed by atoms with van der Waals surface area (Å²) in [6, 6.07) is 12.4. The molecule has 6 nitrogen and oxygen atoms in total. The number of methoxy groups -OCH3 is 1. The van der Waals surface area contributed by atoms with Gasteiger partial charge in [-0.2, -0.15) is 0 Å². The molecule has 0 radical (unpaired) electrons. The molecule has 0 N–H and O–H groups in total. The number of hydrogen-bond donors (Lipinski definition) is 0. The van der Waals surface area contributed by atoms with Gasteiger partial charge in [-0.1, -0.05) is 24.3 Å². The lowest BCUT2D eigenvalue weighted by Gasteiger charge is -2.32. The molecule has 0 atom stereocenters. The molecule has 1 aromatic heterocycles. The number of aromatic nitrogens is 1. The zero-order valence-corrected chi connectivity index (χ0v) is 17.1. The highest BCUT2D eigenvalue weighted by Gasteiger charge is 2.22. The molecule has 2 aromatic rings. The van der Waals surface area contributed by atoms with Gasteiger partial charge in [0.1, 0.15) is 19.0 Å². The van der Waals surface area contributed by atoms with E-state index in [9.17, 15) is 4.79 Å². The van der Waals surface area contributed by atoms with Crippen LogP contribution in [0.15, 0.2) is 48.8 Å². The molecule has 0 saturated carbocycles. The van der Waals surface area contributed by atoms with Crippen molar-refractivity contribution in [3.8, 4) is 5.75 Å². The van der Waals surface area contributed by atoms with Crippen LogP contribution in [0, 0.1) is 5.92 Å². The smallest absolute Gasteiger partial charge is 0.248 e. The van der Waals surface area contributed by atoms with E-state index in [0.29, 0.717) is 25.7 Å². The minimum absolute atomic E-state index is 0.0810. The van der Waals surface area contributed by atoms with E-state index in [1.807, 2.05) is 17.0 Å². The van der Waals surface area contributed by atoms with Gasteiger partial charge in [0, 0.05) is 26.4 Å². The fourth-order valence-electron chi connectivity index (χ4n) is 3.48. The van der Waals surface area contributed by atoms with Gasteiger partial charge in [0.15, 0.2) is 0 Å². The number of benzene rings is 1. The first kappa shape index (κ1) is 21.3. The zero-order valence-electron chi connectivity index (χ0n) is 17.1. The maximum Gasteiger partial charge on any atom is 0.248 e. The molecule has 1 aromatic carbocycles. The second kappa shape index (κ2) is 11.5. The summed E-state index contributed by atoms with van der Waals surface area (Å²) in [6.45, 7) is 3.30. The van der Waals surface area contributed by atoms with Crippen LogP contribution in [0.4, 0.5) is 0 Å². The Hall–Kier alpha value is -2.44. The molecular weight excluding hydrogens is 368 g/mol. The van der Waals surface area contributed by atoms with E-state index in [1.54, 1.807) is 19.5 Å². The highest BCUT2D eigenvalue weighted by Crippen LogP contribution is 2.22. The summed E-state index contributed by atoms with van der Waals surface area (Å²) < 4.78 is 16.0. The van der Waals surface area contributed by atoms with Gasteiger partial charge < -0.3 is 19.1 Å². The van der Waals surface area contributed by atoms with Crippen LogP contribution < -0.4 is 4.74 Å². The molecule has 1 amide bonds.